The summed E-state index contributed by atoms with van der Waals surface area (Å²) in [6.07, 6.45) is 0.0505. The molecule has 0 aliphatic rings. The zero-order chi connectivity index (χ0) is 13.7. The molecule has 1 atom stereocenters. The van der Waals surface area contributed by atoms with Crippen molar-refractivity contribution in [2.45, 2.75) is 26.4 Å². The van der Waals surface area contributed by atoms with Gasteiger partial charge < -0.3 is 10.4 Å². The van der Waals surface area contributed by atoms with Crippen LogP contribution in [-0.4, -0.2) is 23.7 Å². The average Bonchev–Trinajstić information content (AvgIpc) is 2.32. The average molecular weight is 318 g/mol. The summed E-state index contributed by atoms with van der Waals surface area (Å²) in [5.74, 6) is -0.644. The molecule has 18 heavy (non-hydrogen) atoms. The Balaban J connectivity index is 2.48. The van der Waals surface area contributed by atoms with Crippen molar-refractivity contribution in [1.82, 2.24) is 5.32 Å². The number of nitrogens with one attached hydrogen (secondary N) is 1. The highest BCUT2D eigenvalue weighted by Crippen LogP contribution is 2.16. The molecule has 0 saturated heterocycles. The van der Waals surface area contributed by atoms with Crippen molar-refractivity contribution in [3.8, 4) is 0 Å². The van der Waals surface area contributed by atoms with Crippen LogP contribution in [0, 0.1) is 11.7 Å². The van der Waals surface area contributed by atoms with Gasteiger partial charge in [-0.25, -0.2) is 4.39 Å². The highest BCUT2D eigenvalue weighted by molar-refractivity contribution is 9.10. The van der Waals surface area contributed by atoms with Gasteiger partial charge in [-0.1, -0.05) is 13.8 Å². The van der Waals surface area contributed by atoms with Crippen LogP contribution in [0.3, 0.4) is 0 Å². The maximum Gasteiger partial charge on any atom is 0.251 e. The second kappa shape index (κ2) is 6.85. The first-order valence-electron chi connectivity index (χ1n) is 5.83. The fourth-order valence-corrected chi connectivity index (χ4v) is 1.65. The normalized spacial score (nSPS) is 12.6. The summed E-state index contributed by atoms with van der Waals surface area (Å²) in [7, 11) is 0. The number of hydrogen-bond donors (Lipinski definition) is 2. The molecule has 2 N–H and O–H groups in total. The molecule has 100 valence electrons. The van der Waals surface area contributed by atoms with Gasteiger partial charge in [0.25, 0.3) is 5.91 Å². The van der Waals surface area contributed by atoms with Crippen molar-refractivity contribution < 1.29 is 14.3 Å². The topological polar surface area (TPSA) is 49.3 Å². The highest BCUT2D eigenvalue weighted by atomic mass is 79.9. The van der Waals surface area contributed by atoms with Gasteiger partial charge in [-0.3, -0.25) is 4.79 Å². The molecule has 0 aliphatic carbocycles. The van der Waals surface area contributed by atoms with Gasteiger partial charge in [-0.2, -0.15) is 0 Å². The molecule has 0 bridgehead atoms. The number of hydrogen-bond acceptors (Lipinski definition) is 2. The Morgan fingerprint density at radius 2 is 2.17 bits per heavy atom. The van der Waals surface area contributed by atoms with E-state index in [1.807, 2.05) is 13.8 Å². The minimum atomic E-state index is -0.468. The highest BCUT2D eigenvalue weighted by Gasteiger charge is 2.11. The molecule has 0 heterocycles. The SMILES string of the molecule is CC(C)C(O)CCNC(=O)c1ccc(Br)c(F)c1. The Morgan fingerprint density at radius 1 is 1.50 bits per heavy atom. The molecule has 3 nitrogen and oxygen atoms in total. The van der Waals surface area contributed by atoms with Crippen molar-refractivity contribution in [3.05, 3.63) is 34.1 Å². The number of halogens is 2. The summed E-state index contributed by atoms with van der Waals surface area (Å²) >= 11 is 3.03. The lowest BCUT2D eigenvalue weighted by atomic mass is 10.0. The minimum absolute atomic E-state index is 0.159. The number of aliphatic hydroxyl groups is 1. The standard InChI is InChI=1S/C13H17BrFNO2/c1-8(2)12(17)5-6-16-13(18)9-3-4-10(14)11(15)7-9/h3-4,7-8,12,17H,5-6H2,1-2H3,(H,16,18). The molecule has 0 saturated carbocycles. The first kappa shape index (κ1) is 15.1. The fraction of sp³-hybridized carbons (Fsp3) is 0.462. The second-order valence-corrected chi connectivity index (χ2v) is 5.34. The van der Waals surface area contributed by atoms with E-state index >= 15 is 0 Å². The summed E-state index contributed by atoms with van der Waals surface area (Å²) < 4.78 is 13.6. The molecule has 0 aliphatic heterocycles. The summed E-state index contributed by atoms with van der Waals surface area (Å²) in [6.45, 7) is 4.20. The number of carbonyl (C=O) groups excluding carboxylic acids is 1. The van der Waals surface area contributed by atoms with Crippen LogP contribution in [0.2, 0.25) is 0 Å². The second-order valence-electron chi connectivity index (χ2n) is 4.48. The molecule has 0 radical (unpaired) electrons. The Labute approximate surface area is 115 Å². The number of aliphatic hydroxyl groups excluding tert-OH is 1. The first-order chi connectivity index (χ1) is 8.41. The van der Waals surface area contributed by atoms with E-state index in [9.17, 15) is 14.3 Å². The third-order valence-electron chi connectivity index (χ3n) is 2.68. The summed E-state index contributed by atoms with van der Waals surface area (Å²) in [6, 6.07) is 4.22. The van der Waals surface area contributed by atoms with Gasteiger partial charge in [-0.05, 0) is 46.5 Å². The van der Waals surface area contributed by atoms with E-state index in [1.165, 1.54) is 12.1 Å². The van der Waals surface area contributed by atoms with Gasteiger partial charge >= 0.3 is 0 Å². The van der Waals surface area contributed by atoms with Crippen molar-refractivity contribution in [3.63, 3.8) is 0 Å². The van der Waals surface area contributed by atoms with Crippen molar-refractivity contribution in [1.29, 1.82) is 0 Å². The molecule has 1 unspecified atom stereocenters. The third-order valence-corrected chi connectivity index (χ3v) is 3.32. The lowest BCUT2D eigenvalue weighted by Crippen LogP contribution is -2.28. The van der Waals surface area contributed by atoms with Crippen LogP contribution >= 0.6 is 15.9 Å². The Bertz CT molecular complexity index is 423. The van der Waals surface area contributed by atoms with Crippen LogP contribution in [0.4, 0.5) is 4.39 Å². The van der Waals surface area contributed by atoms with Crippen LogP contribution in [-0.2, 0) is 0 Å². The molecule has 1 amide bonds. The van der Waals surface area contributed by atoms with E-state index < -0.39 is 11.9 Å². The van der Waals surface area contributed by atoms with Gasteiger partial charge in [-0.15, -0.1) is 0 Å². The molecule has 1 aromatic rings. The zero-order valence-electron chi connectivity index (χ0n) is 10.4. The Morgan fingerprint density at radius 3 is 2.72 bits per heavy atom. The predicted octanol–water partition coefficient (Wildman–Crippen LogP) is 2.73. The van der Waals surface area contributed by atoms with E-state index in [-0.39, 0.29) is 17.4 Å². The Hall–Kier alpha value is -0.940. The van der Waals surface area contributed by atoms with Crippen LogP contribution in [0.25, 0.3) is 0 Å². The molecule has 0 spiro atoms. The monoisotopic (exact) mass is 317 g/mol. The van der Waals surface area contributed by atoms with E-state index in [4.69, 9.17) is 0 Å². The van der Waals surface area contributed by atoms with Crippen LogP contribution in [0.1, 0.15) is 30.6 Å². The third kappa shape index (κ3) is 4.38. The minimum Gasteiger partial charge on any atom is -0.393 e. The number of rotatable bonds is 5. The van der Waals surface area contributed by atoms with Crippen molar-refractivity contribution in [2.75, 3.05) is 6.54 Å². The van der Waals surface area contributed by atoms with Gasteiger partial charge in [0.1, 0.15) is 5.82 Å². The van der Waals surface area contributed by atoms with Crippen LogP contribution < -0.4 is 5.32 Å². The maximum atomic E-state index is 13.2. The van der Waals surface area contributed by atoms with Crippen LogP contribution in [0.15, 0.2) is 22.7 Å². The largest absolute Gasteiger partial charge is 0.393 e. The van der Waals surface area contributed by atoms with Gasteiger partial charge in [0.15, 0.2) is 0 Å². The molecular weight excluding hydrogens is 301 g/mol. The molecule has 1 rings (SSSR count). The van der Waals surface area contributed by atoms with Crippen molar-refractivity contribution in [2.24, 2.45) is 5.92 Å². The van der Waals surface area contributed by atoms with Gasteiger partial charge in [0.2, 0.25) is 0 Å². The van der Waals surface area contributed by atoms with Gasteiger partial charge in [0.05, 0.1) is 10.6 Å². The van der Waals surface area contributed by atoms with E-state index in [0.29, 0.717) is 17.4 Å². The summed E-state index contributed by atoms with van der Waals surface area (Å²) in [4.78, 5) is 11.7. The fourth-order valence-electron chi connectivity index (χ4n) is 1.41. The van der Waals surface area contributed by atoms with E-state index in [0.717, 1.165) is 0 Å². The first-order valence-corrected chi connectivity index (χ1v) is 6.62. The van der Waals surface area contributed by atoms with Crippen LogP contribution in [0.5, 0.6) is 0 Å². The van der Waals surface area contributed by atoms with E-state index in [2.05, 4.69) is 21.2 Å². The molecule has 0 fully saturated rings. The summed E-state index contributed by atoms with van der Waals surface area (Å²) in [5, 5.41) is 12.2. The Kier molecular flexibility index (Phi) is 5.75. The molecule has 1 aromatic carbocycles. The summed E-state index contributed by atoms with van der Waals surface area (Å²) in [5.41, 5.74) is 0.273. The quantitative estimate of drug-likeness (QED) is 0.877. The predicted molar refractivity (Wildman–Crippen MR) is 71.9 cm³/mol. The number of carbonyl (C=O) groups is 1. The van der Waals surface area contributed by atoms with E-state index in [1.54, 1.807) is 6.07 Å². The lowest BCUT2D eigenvalue weighted by molar-refractivity contribution is 0.0919. The zero-order valence-corrected chi connectivity index (χ0v) is 12.0. The molecular formula is C13H17BrFNO2. The number of amides is 1. The number of benzene rings is 1. The van der Waals surface area contributed by atoms with Crippen molar-refractivity contribution >= 4 is 21.8 Å². The van der Waals surface area contributed by atoms with Gasteiger partial charge in [0, 0.05) is 12.1 Å². The molecule has 5 heteroatoms. The lowest BCUT2D eigenvalue weighted by Gasteiger charge is -2.14. The molecule has 0 aromatic heterocycles. The smallest absolute Gasteiger partial charge is 0.251 e. The maximum absolute atomic E-state index is 13.2.